The first-order chi connectivity index (χ1) is 9.82. The van der Waals surface area contributed by atoms with E-state index in [4.69, 9.17) is 14.6 Å². The highest BCUT2D eigenvalue weighted by molar-refractivity contribution is 7.89. The summed E-state index contributed by atoms with van der Waals surface area (Å²) >= 11 is 0. The fourth-order valence-corrected chi connectivity index (χ4v) is 4.01. The minimum absolute atomic E-state index is 0.0579. The predicted molar refractivity (Wildman–Crippen MR) is 77.7 cm³/mol. The van der Waals surface area contributed by atoms with Gasteiger partial charge in [-0.05, 0) is 38.0 Å². The summed E-state index contributed by atoms with van der Waals surface area (Å²) < 4.78 is 38.5. The number of hydrogen-bond donors (Lipinski definition) is 2. The number of benzene rings is 1. The second-order valence-corrected chi connectivity index (χ2v) is 7.08. The van der Waals surface area contributed by atoms with Crippen LogP contribution in [0.5, 0.6) is 5.75 Å². The van der Waals surface area contributed by atoms with Crippen molar-refractivity contribution in [2.45, 2.75) is 43.4 Å². The Balaban J connectivity index is 2.36. The predicted octanol–water partition coefficient (Wildman–Crippen LogP) is 1.03. The molecule has 0 aromatic heterocycles. The summed E-state index contributed by atoms with van der Waals surface area (Å²) in [5.41, 5.74) is -0.0472. The Kier molecular flexibility index (Phi) is 4.57. The van der Waals surface area contributed by atoms with Crippen molar-refractivity contribution in [3.63, 3.8) is 0 Å². The van der Waals surface area contributed by atoms with E-state index in [0.29, 0.717) is 18.6 Å². The van der Waals surface area contributed by atoms with Crippen molar-refractivity contribution in [3.8, 4) is 5.75 Å². The SMILES string of the molecule is COc1cc(CO)ccc1S(=O)(=O)NC1(C)CCOC1C. The molecule has 1 heterocycles. The van der Waals surface area contributed by atoms with Gasteiger partial charge in [-0.1, -0.05) is 6.07 Å². The lowest BCUT2D eigenvalue weighted by Crippen LogP contribution is -2.50. The lowest BCUT2D eigenvalue weighted by molar-refractivity contribution is 0.0957. The van der Waals surface area contributed by atoms with Gasteiger partial charge in [0.15, 0.2) is 0 Å². The van der Waals surface area contributed by atoms with Gasteiger partial charge in [0, 0.05) is 6.61 Å². The molecule has 0 radical (unpaired) electrons. The van der Waals surface area contributed by atoms with Crippen molar-refractivity contribution in [2.75, 3.05) is 13.7 Å². The fourth-order valence-electron chi connectivity index (χ4n) is 2.36. The lowest BCUT2D eigenvalue weighted by Gasteiger charge is -2.28. The Labute approximate surface area is 125 Å². The first kappa shape index (κ1) is 16.2. The molecular formula is C14H21NO5S. The number of rotatable bonds is 5. The summed E-state index contributed by atoms with van der Waals surface area (Å²) in [5, 5.41) is 9.12. The van der Waals surface area contributed by atoms with Crippen LogP contribution in [0.3, 0.4) is 0 Å². The second-order valence-electron chi connectivity index (χ2n) is 5.43. The Bertz CT molecular complexity index is 616. The van der Waals surface area contributed by atoms with Gasteiger partial charge in [0.2, 0.25) is 10.0 Å². The van der Waals surface area contributed by atoms with Crippen molar-refractivity contribution in [2.24, 2.45) is 0 Å². The molecule has 1 aromatic carbocycles. The van der Waals surface area contributed by atoms with E-state index in [1.54, 1.807) is 6.07 Å². The van der Waals surface area contributed by atoms with E-state index in [1.165, 1.54) is 19.2 Å². The molecule has 118 valence electrons. The van der Waals surface area contributed by atoms with Gasteiger partial charge in [-0.15, -0.1) is 0 Å². The minimum Gasteiger partial charge on any atom is -0.495 e. The molecule has 21 heavy (non-hydrogen) atoms. The number of aliphatic hydroxyl groups is 1. The van der Waals surface area contributed by atoms with Crippen LogP contribution in [0, 0.1) is 0 Å². The number of sulfonamides is 1. The molecule has 2 atom stereocenters. The van der Waals surface area contributed by atoms with E-state index >= 15 is 0 Å². The average Bonchev–Trinajstić information content (AvgIpc) is 2.76. The van der Waals surface area contributed by atoms with Crippen LogP contribution in [0.4, 0.5) is 0 Å². The van der Waals surface area contributed by atoms with Crippen LogP contribution in [0.25, 0.3) is 0 Å². The standard InChI is InChI=1S/C14H21NO5S/c1-10-14(2,6-7-20-10)15-21(17,18)13-5-4-11(9-16)8-12(13)19-3/h4-5,8,10,15-16H,6-7,9H2,1-3H3. The van der Waals surface area contributed by atoms with Crippen molar-refractivity contribution in [3.05, 3.63) is 23.8 Å². The molecule has 0 aliphatic carbocycles. The first-order valence-corrected chi connectivity index (χ1v) is 8.24. The molecular weight excluding hydrogens is 294 g/mol. The van der Waals surface area contributed by atoms with Crippen LogP contribution >= 0.6 is 0 Å². The van der Waals surface area contributed by atoms with Crippen LogP contribution in [0.2, 0.25) is 0 Å². The molecule has 0 bridgehead atoms. The number of methoxy groups -OCH3 is 1. The molecule has 6 nitrogen and oxygen atoms in total. The highest BCUT2D eigenvalue weighted by atomic mass is 32.2. The maximum atomic E-state index is 12.6. The van der Waals surface area contributed by atoms with Gasteiger partial charge in [0.1, 0.15) is 10.6 Å². The maximum absolute atomic E-state index is 12.6. The number of nitrogens with one attached hydrogen (secondary N) is 1. The average molecular weight is 315 g/mol. The first-order valence-electron chi connectivity index (χ1n) is 6.76. The summed E-state index contributed by atoms with van der Waals surface area (Å²) in [5.74, 6) is 0.212. The van der Waals surface area contributed by atoms with E-state index in [9.17, 15) is 8.42 Å². The van der Waals surface area contributed by atoms with Gasteiger partial charge in [-0.25, -0.2) is 13.1 Å². The van der Waals surface area contributed by atoms with Gasteiger partial charge < -0.3 is 14.6 Å². The summed E-state index contributed by atoms with van der Waals surface area (Å²) in [7, 11) is -2.34. The molecule has 0 saturated carbocycles. The lowest BCUT2D eigenvalue weighted by atomic mass is 9.97. The normalized spacial score (nSPS) is 26.0. The number of aliphatic hydroxyl groups excluding tert-OH is 1. The summed E-state index contributed by atoms with van der Waals surface area (Å²) in [6, 6.07) is 4.52. The van der Waals surface area contributed by atoms with Crippen LogP contribution in [-0.4, -0.2) is 38.9 Å². The smallest absolute Gasteiger partial charge is 0.244 e. The summed E-state index contributed by atoms with van der Waals surface area (Å²) in [6.07, 6.45) is 0.416. The maximum Gasteiger partial charge on any atom is 0.244 e. The third-order valence-electron chi connectivity index (χ3n) is 3.95. The molecule has 1 aliphatic heterocycles. The molecule has 1 aliphatic rings. The van der Waals surface area contributed by atoms with Crippen molar-refractivity contribution < 1.29 is 23.0 Å². The van der Waals surface area contributed by atoms with Gasteiger partial charge in [0.25, 0.3) is 0 Å². The van der Waals surface area contributed by atoms with Crippen molar-refractivity contribution in [1.29, 1.82) is 0 Å². The summed E-state index contributed by atoms with van der Waals surface area (Å²) in [6.45, 7) is 4.03. The molecule has 2 rings (SSSR count). The molecule has 0 amide bonds. The van der Waals surface area contributed by atoms with E-state index in [0.717, 1.165) is 0 Å². The van der Waals surface area contributed by atoms with E-state index in [1.807, 2.05) is 13.8 Å². The molecule has 2 N–H and O–H groups in total. The van der Waals surface area contributed by atoms with Gasteiger partial charge in [0.05, 0.1) is 25.4 Å². The highest BCUT2D eigenvalue weighted by Crippen LogP contribution is 2.30. The Hall–Kier alpha value is -1.15. The topological polar surface area (TPSA) is 84.9 Å². The Morgan fingerprint density at radius 1 is 1.52 bits per heavy atom. The molecule has 1 aromatic rings. The zero-order valence-corrected chi connectivity index (χ0v) is 13.2. The third-order valence-corrected chi connectivity index (χ3v) is 5.61. The van der Waals surface area contributed by atoms with Crippen LogP contribution in [0.15, 0.2) is 23.1 Å². The second kappa shape index (κ2) is 5.92. The molecule has 1 fully saturated rings. The van der Waals surface area contributed by atoms with Crippen LogP contribution in [-0.2, 0) is 21.4 Å². The third kappa shape index (κ3) is 3.21. The number of hydrogen-bond acceptors (Lipinski definition) is 5. The molecule has 2 unspecified atom stereocenters. The Morgan fingerprint density at radius 3 is 2.76 bits per heavy atom. The highest BCUT2D eigenvalue weighted by Gasteiger charge is 2.41. The largest absolute Gasteiger partial charge is 0.495 e. The van der Waals surface area contributed by atoms with E-state index in [2.05, 4.69) is 4.72 Å². The van der Waals surface area contributed by atoms with Crippen molar-refractivity contribution in [1.82, 2.24) is 4.72 Å². The molecule has 7 heteroatoms. The molecule has 1 saturated heterocycles. The fraction of sp³-hybridized carbons (Fsp3) is 0.571. The zero-order valence-electron chi connectivity index (χ0n) is 12.4. The quantitative estimate of drug-likeness (QED) is 0.848. The van der Waals surface area contributed by atoms with Crippen LogP contribution < -0.4 is 9.46 Å². The Morgan fingerprint density at radius 2 is 2.24 bits per heavy atom. The number of ether oxygens (including phenoxy) is 2. The minimum atomic E-state index is -3.74. The van der Waals surface area contributed by atoms with Crippen molar-refractivity contribution >= 4 is 10.0 Å². The summed E-state index contributed by atoms with van der Waals surface area (Å²) in [4.78, 5) is 0.0579. The van der Waals surface area contributed by atoms with E-state index in [-0.39, 0.29) is 23.4 Å². The van der Waals surface area contributed by atoms with Gasteiger partial charge >= 0.3 is 0 Å². The van der Waals surface area contributed by atoms with Gasteiger partial charge in [-0.3, -0.25) is 0 Å². The van der Waals surface area contributed by atoms with Gasteiger partial charge in [-0.2, -0.15) is 0 Å². The van der Waals surface area contributed by atoms with Crippen LogP contribution in [0.1, 0.15) is 25.8 Å². The van der Waals surface area contributed by atoms with E-state index < -0.39 is 15.6 Å². The monoisotopic (exact) mass is 315 g/mol. The zero-order chi connectivity index (χ0) is 15.7. The molecule has 0 spiro atoms.